The standard InChI is InChI=1S/C9H14O2/c1-2-7-6-11-9-5-8(7)3-4-10-9/h2,7-9H,1,3-6H2/t7-,8+,9+/m0/s1. The van der Waals surface area contributed by atoms with Crippen molar-refractivity contribution in [1.82, 2.24) is 0 Å². The summed E-state index contributed by atoms with van der Waals surface area (Å²) in [7, 11) is 0. The van der Waals surface area contributed by atoms with Gasteiger partial charge in [0.05, 0.1) is 13.2 Å². The van der Waals surface area contributed by atoms with Gasteiger partial charge in [0, 0.05) is 12.3 Å². The lowest BCUT2D eigenvalue weighted by Gasteiger charge is -2.38. The Hall–Kier alpha value is -0.340. The summed E-state index contributed by atoms with van der Waals surface area (Å²) in [6.07, 6.45) is 4.35. The molecule has 2 aliphatic rings. The van der Waals surface area contributed by atoms with Crippen molar-refractivity contribution >= 4 is 0 Å². The predicted octanol–water partition coefficient (Wildman–Crippen LogP) is 1.57. The van der Waals surface area contributed by atoms with Crippen molar-refractivity contribution in [3.8, 4) is 0 Å². The van der Waals surface area contributed by atoms with Gasteiger partial charge in [0.25, 0.3) is 0 Å². The van der Waals surface area contributed by atoms with E-state index < -0.39 is 0 Å². The second-order valence-electron chi connectivity index (χ2n) is 3.32. The van der Waals surface area contributed by atoms with Crippen molar-refractivity contribution in [1.29, 1.82) is 0 Å². The molecule has 62 valence electrons. The summed E-state index contributed by atoms with van der Waals surface area (Å²) in [5, 5.41) is 0. The summed E-state index contributed by atoms with van der Waals surface area (Å²) in [6.45, 7) is 5.48. The van der Waals surface area contributed by atoms with Crippen LogP contribution in [0.5, 0.6) is 0 Å². The van der Waals surface area contributed by atoms with Crippen molar-refractivity contribution in [2.45, 2.75) is 19.1 Å². The molecule has 2 heterocycles. The Bertz CT molecular complexity index is 156. The van der Waals surface area contributed by atoms with Crippen LogP contribution in [0.3, 0.4) is 0 Å². The Labute approximate surface area is 67.2 Å². The van der Waals surface area contributed by atoms with Gasteiger partial charge in [-0.3, -0.25) is 0 Å². The van der Waals surface area contributed by atoms with E-state index in [-0.39, 0.29) is 6.29 Å². The summed E-state index contributed by atoms with van der Waals surface area (Å²) in [6, 6.07) is 0. The molecule has 2 nitrogen and oxygen atoms in total. The third-order valence-corrected chi connectivity index (χ3v) is 2.67. The molecule has 3 atom stereocenters. The summed E-state index contributed by atoms with van der Waals surface area (Å²) in [5.41, 5.74) is 0. The minimum absolute atomic E-state index is 0.0879. The molecule has 0 aliphatic carbocycles. The second-order valence-corrected chi connectivity index (χ2v) is 3.32. The number of rotatable bonds is 1. The van der Waals surface area contributed by atoms with Gasteiger partial charge < -0.3 is 9.47 Å². The molecule has 2 saturated heterocycles. The average Bonchev–Trinajstić information content (AvgIpc) is 2.06. The molecule has 11 heavy (non-hydrogen) atoms. The van der Waals surface area contributed by atoms with Crippen LogP contribution in [0.2, 0.25) is 0 Å². The first kappa shape index (κ1) is 7.32. The van der Waals surface area contributed by atoms with Gasteiger partial charge in [-0.05, 0) is 12.3 Å². The van der Waals surface area contributed by atoms with E-state index in [2.05, 4.69) is 6.58 Å². The fourth-order valence-electron chi connectivity index (χ4n) is 1.90. The van der Waals surface area contributed by atoms with Crippen LogP contribution in [0.15, 0.2) is 12.7 Å². The number of ether oxygens (including phenoxy) is 2. The van der Waals surface area contributed by atoms with Gasteiger partial charge in [0.2, 0.25) is 0 Å². The van der Waals surface area contributed by atoms with E-state index in [4.69, 9.17) is 9.47 Å². The zero-order chi connectivity index (χ0) is 7.68. The topological polar surface area (TPSA) is 18.5 Å². The molecule has 2 bridgehead atoms. The summed E-state index contributed by atoms with van der Waals surface area (Å²) < 4.78 is 10.8. The zero-order valence-electron chi connectivity index (χ0n) is 6.66. The molecule has 0 aromatic rings. The molecule has 0 amide bonds. The smallest absolute Gasteiger partial charge is 0.157 e. The molecule has 2 rings (SSSR count). The van der Waals surface area contributed by atoms with E-state index in [9.17, 15) is 0 Å². The highest BCUT2D eigenvalue weighted by molar-refractivity contribution is 4.89. The van der Waals surface area contributed by atoms with Crippen molar-refractivity contribution in [3.63, 3.8) is 0 Å². The van der Waals surface area contributed by atoms with E-state index in [0.717, 1.165) is 25.6 Å². The van der Waals surface area contributed by atoms with Crippen LogP contribution in [0.1, 0.15) is 12.8 Å². The zero-order valence-corrected chi connectivity index (χ0v) is 6.66. The number of fused-ring (bicyclic) bond motifs is 2. The molecule has 0 N–H and O–H groups in total. The lowest BCUT2D eigenvalue weighted by atomic mass is 9.84. The van der Waals surface area contributed by atoms with Crippen molar-refractivity contribution in [2.24, 2.45) is 11.8 Å². The van der Waals surface area contributed by atoms with E-state index >= 15 is 0 Å². The minimum atomic E-state index is 0.0879. The molecule has 0 radical (unpaired) electrons. The van der Waals surface area contributed by atoms with Crippen LogP contribution < -0.4 is 0 Å². The maximum atomic E-state index is 5.46. The first-order valence-corrected chi connectivity index (χ1v) is 4.26. The van der Waals surface area contributed by atoms with Gasteiger partial charge in [0.1, 0.15) is 0 Å². The quantitative estimate of drug-likeness (QED) is 0.534. The molecule has 2 fully saturated rings. The third-order valence-electron chi connectivity index (χ3n) is 2.67. The largest absolute Gasteiger partial charge is 0.353 e. The normalized spacial score (nSPS) is 43.5. The fourth-order valence-corrected chi connectivity index (χ4v) is 1.90. The summed E-state index contributed by atoms with van der Waals surface area (Å²) >= 11 is 0. The van der Waals surface area contributed by atoms with E-state index in [1.165, 1.54) is 6.42 Å². The second kappa shape index (κ2) is 2.95. The monoisotopic (exact) mass is 154 g/mol. The Morgan fingerprint density at radius 1 is 1.36 bits per heavy atom. The lowest BCUT2D eigenvalue weighted by Crippen LogP contribution is -2.39. The molecular weight excluding hydrogens is 140 g/mol. The van der Waals surface area contributed by atoms with E-state index in [1.807, 2.05) is 6.08 Å². The Morgan fingerprint density at radius 3 is 3.09 bits per heavy atom. The van der Waals surface area contributed by atoms with Crippen LogP contribution in [-0.4, -0.2) is 19.5 Å². The Morgan fingerprint density at radius 2 is 2.27 bits per heavy atom. The molecule has 2 aliphatic heterocycles. The maximum Gasteiger partial charge on any atom is 0.157 e. The van der Waals surface area contributed by atoms with Gasteiger partial charge in [-0.15, -0.1) is 6.58 Å². The Balaban J connectivity index is 2.02. The van der Waals surface area contributed by atoms with Crippen molar-refractivity contribution < 1.29 is 9.47 Å². The average molecular weight is 154 g/mol. The minimum Gasteiger partial charge on any atom is -0.353 e. The van der Waals surface area contributed by atoms with Crippen LogP contribution in [0.25, 0.3) is 0 Å². The van der Waals surface area contributed by atoms with Gasteiger partial charge in [0.15, 0.2) is 6.29 Å². The molecule has 0 spiro atoms. The Kier molecular flexibility index (Phi) is 1.96. The molecular formula is C9H14O2. The third kappa shape index (κ3) is 1.33. The highest BCUT2D eigenvalue weighted by atomic mass is 16.7. The predicted molar refractivity (Wildman–Crippen MR) is 42.1 cm³/mol. The summed E-state index contributed by atoms with van der Waals surface area (Å²) in [5.74, 6) is 1.33. The molecule has 0 aromatic heterocycles. The van der Waals surface area contributed by atoms with E-state index in [1.54, 1.807) is 0 Å². The van der Waals surface area contributed by atoms with Crippen molar-refractivity contribution in [3.05, 3.63) is 12.7 Å². The molecule has 0 aromatic carbocycles. The lowest BCUT2D eigenvalue weighted by molar-refractivity contribution is -0.213. The van der Waals surface area contributed by atoms with Crippen LogP contribution >= 0.6 is 0 Å². The summed E-state index contributed by atoms with van der Waals surface area (Å²) in [4.78, 5) is 0. The molecule has 2 heteroatoms. The number of hydrogen-bond donors (Lipinski definition) is 0. The molecule has 0 unspecified atom stereocenters. The van der Waals surface area contributed by atoms with Crippen LogP contribution in [-0.2, 0) is 9.47 Å². The van der Waals surface area contributed by atoms with Crippen molar-refractivity contribution in [2.75, 3.05) is 13.2 Å². The van der Waals surface area contributed by atoms with Gasteiger partial charge in [-0.25, -0.2) is 0 Å². The maximum absolute atomic E-state index is 5.46. The fraction of sp³-hybridized carbons (Fsp3) is 0.778. The SMILES string of the molecule is C=C[C@H]1CO[C@@H]2C[C@H]1CCO2. The highest BCUT2D eigenvalue weighted by Gasteiger charge is 2.32. The van der Waals surface area contributed by atoms with E-state index in [0.29, 0.717) is 5.92 Å². The highest BCUT2D eigenvalue weighted by Crippen LogP contribution is 2.33. The number of hydrogen-bond acceptors (Lipinski definition) is 2. The first-order chi connectivity index (χ1) is 5.40. The van der Waals surface area contributed by atoms with Gasteiger partial charge in [-0.1, -0.05) is 6.08 Å². The van der Waals surface area contributed by atoms with Gasteiger partial charge >= 0.3 is 0 Å². The molecule has 0 saturated carbocycles. The van der Waals surface area contributed by atoms with Gasteiger partial charge in [-0.2, -0.15) is 0 Å². The first-order valence-electron chi connectivity index (χ1n) is 4.26. The van der Waals surface area contributed by atoms with Crippen LogP contribution in [0, 0.1) is 11.8 Å². The van der Waals surface area contributed by atoms with Crippen LogP contribution in [0.4, 0.5) is 0 Å².